The lowest BCUT2D eigenvalue weighted by Crippen LogP contribution is -2.14. The van der Waals surface area contributed by atoms with Crippen LogP contribution < -0.4 is 10.6 Å². The summed E-state index contributed by atoms with van der Waals surface area (Å²) >= 11 is 0. The summed E-state index contributed by atoms with van der Waals surface area (Å²) in [6, 6.07) is 6.71. The van der Waals surface area contributed by atoms with Crippen molar-refractivity contribution in [2.45, 2.75) is 56.8 Å². The number of aromatic carboxylic acids is 1. The quantitative estimate of drug-likeness (QED) is 0.386. The van der Waals surface area contributed by atoms with Crippen LogP contribution in [0.4, 0.5) is 0 Å². The molecule has 0 aliphatic rings. The molecule has 0 bridgehead atoms. The van der Waals surface area contributed by atoms with Crippen LogP contribution in [-0.2, 0) is 16.4 Å². The maximum atomic E-state index is 13.1. The molecule has 1 heterocycles. The smallest absolute Gasteiger partial charge is 0.335 e. The van der Waals surface area contributed by atoms with E-state index in [0.717, 1.165) is 32.1 Å². The predicted molar refractivity (Wildman–Crippen MR) is 115 cm³/mol. The first kappa shape index (κ1) is 22.0. The molecule has 0 atom stereocenters. The molecule has 0 unspecified atom stereocenters. The first-order valence-electron chi connectivity index (χ1n) is 10.0. The number of hydrogen-bond acceptors (Lipinski definition) is 5. The van der Waals surface area contributed by atoms with Crippen molar-refractivity contribution in [2.75, 3.05) is 0 Å². The van der Waals surface area contributed by atoms with Crippen molar-refractivity contribution in [2.24, 2.45) is 5.14 Å². The summed E-state index contributed by atoms with van der Waals surface area (Å²) in [4.78, 5) is 24.1. The highest BCUT2D eigenvalue weighted by molar-refractivity contribution is 7.89. The molecule has 3 N–H and O–H groups in total. The van der Waals surface area contributed by atoms with Crippen LogP contribution in [-0.4, -0.2) is 19.5 Å². The van der Waals surface area contributed by atoms with E-state index in [9.17, 15) is 23.1 Å². The molecule has 2 aromatic carbocycles. The SMILES string of the molecule is CCCCCCCCc1cc(S(N)(=O)=O)cc2c(=O)c3cc(C(=O)O)ccc3oc12. The Balaban J connectivity index is 2.11. The number of carboxylic acids is 1. The van der Waals surface area contributed by atoms with Gasteiger partial charge in [0, 0.05) is 0 Å². The highest BCUT2D eigenvalue weighted by Gasteiger charge is 2.18. The van der Waals surface area contributed by atoms with Gasteiger partial charge in [0.1, 0.15) is 11.2 Å². The number of hydrogen-bond donors (Lipinski definition) is 2. The van der Waals surface area contributed by atoms with Gasteiger partial charge in [0.2, 0.25) is 15.5 Å². The summed E-state index contributed by atoms with van der Waals surface area (Å²) < 4.78 is 29.9. The van der Waals surface area contributed by atoms with Crippen molar-refractivity contribution in [3.05, 3.63) is 51.7 Å². The highest BCUT2D eigenvalue weighted by Crippen LogP contribution is 2.27. The van der Waals surface area contributed by atoms with Gasteiger partial charge in [0.15, 0.2) is 0 Å². The Morgan fingerprint density at radius 3 is 2.40 bits per heavy atom. The molecule has 0 spiro atoms. The van der Waals surface area contributed by atoms with Gasteiger partial charge < -0.3 is 9.52 Å². The number of aryl methyl sites for hydroxylation is 1. The fourth-order valence-corrected chi connectivity index (χ4v) is 4.17. The molecule has 0 aliphatic heterocycles. The molecule has 0 saturated carbocycles. The number of fused-ring (bicyclic) bond motifs is 2. The number of carbonyl (C=O) groups is 1. The average molecular weight is 432 g/mol. The summed E-state index contributed by atoms with van der Waals surface area (Å²) in [6.45, 7) is 2.15. The second kappa shape index (κ2) is 8.97. The minimum atomic E-state index is -4.03. The van der Waals surface area contributed by atoms with Gasteiger partial charge in [-0.05, 0) is 48.7 Å². The standard InChI is InChI=1S/C22H25NO6S/c1-2-3-4-5-6-7-8-14-11-16(30(23,27)28)13-18-20(24)17-12-15(22(25)26)9-10-19(17)29-21(14)18/h9-13H,2-8H2,1H3,(H,25,26)(H2,23,27,28). The lowest BCUT2D eigenvalue weighted by atomic mass is 10.0. The molecule has 0 saturated heterocycles. The van der Waals surface area contributed by atoms with Gasteiger partial charge in [-0.1, -0.05) is 39.0 Å². The Bertz CT molecular complexity index is 1260. The van der Waals surface area contributed by atoms with E-state index in [-0.39, 0.29) is 26.8 Å². The van der Waals surface area contributed by atoms with Crippen molar-refractivity contribution in [3.63, 3.8) is 0 Å². The molecule has 0 fully saturated rings. The molecule has 3 rings (SSSR count). The Morgan fingerprint density at radius 2 is 1.73 bits per heavy atom. The van der Waals surface area contributed by atoms with E-state index in [1.807, 2.05) is 0 Å². The third-order valence-corrected chi connectivity index (χ3v) is 6.09. The summed E-state index contributed by atoms with van der Waals surface area (Å²) in [7, 11) is -4.03. The van der Waals surface area contributed by atoms with Crippen molar-refractivity contribution in [1.29, 1.82) is 0 Å². The summed E-state index contributed by atoms with van der Waals surface area (Å²) in [6.07, 6.45) is 6.94. The van der Waals surface area contributed by atoms with Gasteiger partial charge in [0.25, 0.3) is 0 Å². The van der Waals surface area contributed by atoms with Crippen LogP contribution in [0.15, 0.2) is 44.4 Å². The molecule has 30 heavy (non-hydrogen) atoms. The summed E-state index contributed by atoms with van der Waals surface area (Å²) in [5.41, 5.74) is 0.642. The van der Waals surface area contributed by atoms with Crippen molar-refractivity contribution >= 4 is 37.9 Å². The molecule has 1 aromatic heterocycles. The second-order valence-electron chi connectivity index (χ2n) is 7.47. The molecule has 160 valence electrons. The Kier molecular flexibility index (Phi) is 6.58. The van der Waals surface area contributed by atoms with E-state index in [4.69, 9.17) is 9.56 Å². The van der Waals surface area contributed by atoms with Gasteiger partial charge in [0.05, 0.1) is 21.2 Å². The van der Waals surface area contributed by atoms with Crippen LogP contribution in [0, 0.1) is 0 Å². The van der Waals surface area contributed by atoms with Gasteiger partial charge in [-0.3, -0.25) is 4.79 Å². The fraction of sp³-hybridized carbons (Fsp3) is 0.364. The second-order valence-corrected chi connectivity index (χ2v) is 9.03. The molecule has 0 aliphatic carbocycles. The molecule has 7 nitrogen and oxygen atoms in total. The number of benzene rings is 2. The molecule has 0 amide bonds. The lowest BCUT2D eigenvalue weighted by Gasteiger charge is -2.10. The largest absolute Gasteiger partial charge is 0.478 e. The van der Waals surface area contributed by atoms with Gasteiger partial charge >= 0.3 is 5.97 Å². The molecular weight excluding hydrogens is 406 g/mol. The van der Waals surface area contributed by atoms with Crippen molar-refractivity contribution in [3.8, 4) is 0 Å². The van der Waals surface area contributed by atoms with E-state index in [2.05, 4.69) is 6.92 Å². The monoisotopic (exact) mass is 431 g/mol. The number of unbranched alkanes of at least 4 members (excludes halogenated alkanes) is 5. The third kappa shape index (κ3) is 4.71. The average Bonchev–Trinajstić information content (AvgIpc) is 2.69. The third-order valence-electron chi connectivity index (χ3n) is 5.20. The number of nitrogens with two attached hydrogens (primary N) is 1. The van der Waals surface area contributed by atoms with Gasteiger partial charge in [-0.15, -0.1) is 0 Å². The number of carboxylic acid groups (broad SMARTS) is 1. The zero-order valence-corrected chi connectivity index (χ0v) is 17.6. The number of rotatable bonds is 9. The van der Waals surface area contributed by atoms with Crippen LogP contribution in [0.1, 0.15) is 61.4 Å². The number of primary sulfonamides is 1. The van der Waals surface area contributed by atoms with E-state index in [1.165, 1.54) is 36.8 Å². The fourth-order valence-electron chi connectivity index (χ4n) is 3.58. The first-order valence-corrected chi connectivity index (χ1v) is 11.6. The van der Waals surface area contributed by atoms with Crippen LogP contribution in [0.3, 0.4) is 0 Å². The normalized spacial score (nSPS) is 11.9. The first-order chi connectivity index (χ1) is 14.2. The van der Waals surface area contributed by atoms with E-state index < -0.39 is 21.4 Å². The van der Waals surface area contributed by atoms with E-state index in [0.29, 0.717) is 17.6 Å². The van der Waals surface area contributed by atoms with Crippen LogP contribution in [0.2, 0.25) is 0 Å². The zero-order chi connectivity index (χ0) is 21.9. The minimum Gasteiger partial charge on any atom is -0.478 e. The Labute approximate surface area is 174 Å². The van der Waals surface area contributed by atoms with Gasteiger partial charge in [-0.25, -0.2) is 18.4 Å². The van der Waals surface area contributed by atoms with Crippen molar-refractivity contribution in [1.82, 2.24) is 0 Å². The summed E-state index contributed by atoms with van der Waals surface area (Å²) in [5.74, 6) is -1.17. The number of sulfonamides is 1. The maximum absolute atomic E-state index is 13.1. The molecule has 3 aromatic rings. The molecule has 8 heteroatoms. The minimum absolute atomic E-state index is 0.0518. The lowest BCUT2D eigenvalue weighted by molar-refractivity contribution is 0.0697. The van der Waals surface area contributed by atoms with E-state index >= 15 is 0 Å². The predicted octanol–water partition coefficient (Wildman–Crippen LogP) is 4.19. The molecule has 0 radical (unpaired) electrons. The van der Waals surface area contributed by atoms with E-state index in [1.54, 1.807) is 0 Å². The topological polar surface area (TPSA) is 128 Å². The maximum Gasteiger partial charge on any atom is 0.335 e. The van der Waals surface area contributed by atoms with Gasteiger partial charge in [-0.2, -0.15) is 0 Å². The van der Waals surface area contributed by atoms with Crippen LogP contribution in [0.5, 0.6) is 0 Å². The zero-order valence-electron chi connectivity index (χ0n) is 16.8. The van der Waals surface area contributed by atoms with Crippen molar-refractivity contribution < 1.29 is 22.7 Å². The summed E-state index contributed by atoms with van der Waals surface area (Å²) in [5, 5.41) is 14.7. The highest BCUT2D eigenvalue weighted by atomic mass is 32.2. The Hall–Kier alpha value is -2.71. The Morgan fingerprint density at radius 1 is 1.03 bits per heavy atom. The van der Waals surface area contributed by atoms with Crippen LogP contribution in [0.25, 0.3) is 21.9 Å². The van der Waals surface area contributed by atoms with Crippen LogP contribution >= 0.6 is 0 Å². The molecular formula is C22H25NO6S.